The zero-order chi connectivity index (χ0) is 26.3. The van der Waals surface area contributed by atoms with Gasteiger partial charge in [0.05, 0.1) is 0 Å². The van der Waals surface area contributed by atoms with Gasteiger partial charge < -0.3 is 20.3 Å². The van der Waals surface area contributed by atoms with E-state index in [0.29, 0.717) is 11.3 Å². The Kier molecular flexibility index (Phi) is 9.23. The van der Waals surface area contributed by atoms with E-state index >= 15 is 0 Å². The molecule has 2 atom stereocenters. The third kappa shape index (κ3) is 7.70. The Morgan fingerprint density at radius 1 is 1.06 bits per heavy atom. The highest BCUT2D eigenvalue weighted by Crippen LogP contribution is 2.26. The second kappa shape index (κ2) is 11.7. The van der Waals surface area contributed by atoms with Gasteiger partial charge in [0.1, 0.15) is 17.7 Å². The lowest BCUT2D eigenvalue weighted by molar-refractivity contribution is -0.140. The molecule has 0 spiro atoms. The fraction of sp³-hybridized carbons (Fsp3) is 0.393. The van der Waals surface area contributed by atoms with Crippen LogP contribution >= 0.6 is 0 Å². The number of hydrogen-bond donors (Lipinski definition) is 2. The maximum Gasteiger partial charge on any atom is 0.408 e. The van der Waals surface area contributed by atoms with Crippen LogP contribution in [-0.2, 0) is 14.3 Å². The number of carbonyl (C=O) groups excluding carboxylic acids is 3. The predicted octanol–water partition coefficient (Wildman–Crippen LogP) is 5.33. The number of nitrogens with zero attached hydrogens (tertiary/aromatic N) is 1. The van der Waals surface area contributed by atoms with Crippen LogP contribution in [0.2, 0.25) is 0 Å². The fourth-order valence-electron chi connectivity index (χ4n) is 3.62. The van der Waals surface area contributed by atoms with Gasteiger partial charge in [0.2, 0.25) is 5.91 Å². The van der Waals surface area contributed by atoms with E-state index in [2.05, 4.69) is 17.2 Å². The molecule has 7 nitrogen and oxygen atoms in total. The van der Waals surface area contributed by atoms with Crippen LogP contribution in [-0.4, -0.2) is 41.5 Å². The quantitative estimate of drug-likeness (QED) is 0.536. The number of para-hydroxylation sites is 1. The number of amides is 3. The highest BCUT2D eigenvalue weighted by molar-refractivity contribution is 5.99. The second-order valence-corrected chi connectivity index (χ2v) is 9.90. The summed E-state index contributed by atoms with van der Waals surface area (Å²) in [6.45, 7) is 14.6. The minimum Gasteiger partial charge on any atom is -0.444 e. The Labute approximate surface area is 208 Å². The van der Waals surface area contributed by atoms with E-state index < -0.39 is 29.7 Å². The standard InChI is InChI=1S/C28H37N3O4/c1-9-20-14-12-15-21(17-20)24(25(32)29-22-16-11-10-13-19(22)4)31(8)26(33)23(18(2)3)30-27(34)35-28(5,6)7/h9-18,23-24H,1H2,2-8H3,(H,29,32)(H,30,34). The van der Waals surface area contributed by atoms with E-state index in [-0.39, 0.29) is 11.8 Å². The summed E-state index contributed by atoms with van der Waals surface area (Å²) >= 11 is 0. The summed E-state index contributed by atoms with van der Waals surface area (Å²) in [5, 5.41) is 5.63. The van der Waals surface area contributed by atoms with Gasteiger partial charge >= 0.3 is 6.09 Å². The number of rotatable bonds is 8. The normalized spacial score (nSPS) is 12.9. The van der Waals surface area contributed by atoms with Crippen molar-refractivity contribution in [3.63, 3.8) is 0 Å². The van der Waals surface area contributed by atoms with Gasteiger partial charge in [0, 0.05) is 12.7 Å². The molecule has 0 aliphatic heterocycles. The Hall–Kier alpha value is -3.61. The van der Waals surface area contributed by atoms with E-state index in [0.717, 1.165) is 11.1 Å². The topological polar surface area (TPSA) is 87.7 Å². The minimum atomic E-state index is -0.941. The first-order valence-corrected chi connectivity index (χ1v) is 11.7. The molecule has 0 saturated heterocycles. The van der Waals surface area contributed by atoms with Crippen LogP contribution in [0.3, 0.4) is 0 Å². The fourth-order valence-corrected chi connectivity index (χ4v) is 3.62. The Balaban J connectivity index is 2.42. The number of likely N-dealkylation sites (N-methyl/N-ethyl adjacent to an activating group) is 1. The van der Waals surface area contributed by atoms with Crippen LogP contribution in [0, 0.1) is 12.8 Å². The molecule has 188 valence electrons. The monoisotopic (exact) mass is 479 g/mol. The van der Waals surface area contributed by atoms with E-state index in [1.165, 1.54) is 4.90 Å². The molecular weight excluding hydrogens is 442 g/mol. The molecule has 2 aromatic carbocycles. The molecule has 2 rings (SSSR count). The summed E-state index contributed by atoms with van der Waals surface area (Å²) in [6.07, 6.45) is 0.996. The number of carbonyl (C=O) groups is 3. The van der Waals surface area contributed by atoms with Crippen LogP contribution in [0.5, 0.6) is 0 Å². The van der Waals surface area contributed by atoms with Crippen molar-refractivity contribution in [2.45, 2.75) is 59.2 Å². The van der Waals surface area contributed by atoms with Crippen molar-refractivity contribution in [2.75, 3.05) is 12.4 Å². The highest BCUT2D eigenvalue weighted by atomic mass is 16.6. The van der Waals surface area contributed by atoms with Crippen molar-refractivity contribution in [1.82, 2.24) is 10.2 Å². The predicted molar refractivity (Wildman–Crippen MR) is 140 cm³/mol. The molecule has 2 unspecified atom stereocenters. The molecule has 0 fully saturated rings. The minimum absolute atomic E-state index is 0.239. The van der Waals surface area contributed by atoms with E-state index in [9.17, 15) is 14.4 Å². The maximum absolute atomic E-state index is 13.6. The van der Waals surface area contributed by atoms with Crippen LogP contribution in [0.1, 0.15) is 57.4 Å². The van der Waals surface area contributed by atoms with Gasteiger partial charge in [-0.15, -0.1) is 0 Å². The summed E-state index contributed by atoms with van der Waals surface area (Å²) in [6, 6.07) is 12.9. The highest BCUT2D eigenvalue weighted by Gasteiger charge is 2.35. The number of hydrogen-bond acceptors (Lipinski definition) is 4. The molecule has 2 N–H and O–H groups in total. The van der Waals surface area contributed by atoms with E-state index in [1.807, 2.05) is 63.2 Å². The Bertz CT molecular complexity index is 1070. The molecule has 0 aliphatic rings. The van der Waals surface area contributed by atoms with Crippen molar-refractivity contribution < 1.29 is 19.1 Å². The molecule has 0 aliphatic carbocycles. The lowest BCUT2D eigenvalue weighted by atomic mass is 9.98. The molecule has 0 heterocycles. The summed E-state index contributed by atoms with van der Waals surface area (Å²) in [4.78, 5) is 41.0. The number of nitrogens with one attached hydrogen (secondary N) is 2. The zero-order valence-electron chi connectivity index (χ0n) is 21.7. The summed E-state index contributed by atoms with van der Waals surface area (Å²) < 4.78 is 5.35. The molecule has 7 heteroatoms. The summed E-state index contributed by atoms with van der Waals surface area (Å²) in [5.41, 5.74) is 2.31. The van der Waals surface area contributed by atoms with Crippen LogP contribution in [0.4, 0.5) is 10.5 Å². The van der Waals surface area contributed by atoms with E-state index in [4.69, 9.17) is 4.74 Å². The van der Waals surface area contributed by atoms with Gasteiger partial charge in [-0.25, -0.2) is 4.79 Å². The second-order valence-electron chi connectivity index (χ2n) is 9.90. The van der Waals surface area contributed by atoms with Crippen LogP contribution < -0.4 is 10.6 Å². The van der Waals surface area contributed by atoms with Crippen molar-refractivity contribution in [2.24, 2.45) is 5.92 Å². The van der Waals surface area contributed by atoms with Gasteiger partial charge in [0.15, 0.2) is 0 Å². The molecule has 0 bridgehead atoms. The van der Waals surface area contributed by atoms with Gasteiger partial charge in [-0.3, -0.25) is 9.59 Å². The Morgan fingerprint density at radius 2 is 1.71 bits per heavy atom. The molecule has 3 amide bonds. The lowest BCUT2D eigenvalue weighted by Crippen LogP contribution is -2.53. The molecular formula is C28H37N3O4. The Morgan fingerprint density at radius 3 is 2.29 bits per heavy atom. The van der Waals surface area contributed by atoms with Gasteiger partial charge in [-0.2, -0.15) is 0 Å². The first kappa shape index (κ1) is 27.6. The summed E-state index contributed by atoms with van der Waals surface area (Å²) in [5.74, 6) is -1.01. The maximum atomic E-state index is 13.6. The number of benzene rings is 2. The molecule has 2 aromatic rings. The number of anilines is 1. The smallest absolute Gasteiger partial charge is 0.408 e. The largest absolute Gasteiger partial charge is 0.444 e. The molecule has 0 saturated carbocycles. The van der Waals surface area contributed by atoms with E-state index in [1.54, 1.807) is 40.0 Å². The van der Waals surface area contributed by atoms with Crippen LogP contribution in [0.15, 0.2) is 55.1 Å². The van der Waals surface area contributed by atoms with Crippen LogP contribution in [0.25, 0.3) is 6.08 Å². The number of aryl methyl sites for hydroxylation is 1. The third-order valence-corrected chi connectivity index (χ3v) is 5.45. The average molecular weight is 480 g/mol. The van der Waals surface area contributed by atoms with Crippen molar-refractivity contribution >= 4 is 29.7 Å². The third-order valence-electron chi connectivity index (χ3n) is 5.45. The SMILES string of the molecule is C=Cc1cccc(C(C(=O)Nc2ccccc2C)N(C)C(=O)C(NC(=O)OC(C)(C)C)C(C)C)c1. The summed E-state index contributed by atoms with van der Waals surface area (Å²) in [7, 11) is 1.57. The van der Waals surface area contributed by atoms with Gasteiger partial charge in [0.25, 0.3) is 5.91 Å². The van der Waals surface area contributed by atoms with Crippen molar-refractivity contribution in [3.8, 4) is 0 Å². The van der Waals surface area contributed by atoms with Crippen molar-refractivity contribution in [3.05, 3.63) is 71.8 Å². The number of alkyl carbamates (subject to hydrolysis) is 1. The average Bonchev–Trinajstić information content (AvgIpc) is 2.77. The lowest BCUT2D eigenvalue weighted by Gasteiger charge is -2.33. The van der Waals surface area contributed by atoms with Gasteiger partial charge in [-0.05, 0) is 62.4 Å². The number of ether oxygens (including phenoxy) is 1. The molecule has 0 radical (unpaired) electrons. The first-order valence-electron chi connectivity index (χ1n) is 11.7. The van der Waals surface area contributed by atoms with Crippen molar-refractivity contribution in [1.29, 1.82) is 0 Å². The zero-order valence-corrected chi connectivity index (χ0v) is 21.7. The van der Waals surface area contributed by atoms with Gasteiger partial charge in [-0.1, -0.05) is 62.9 Å². The first-order chi connectivity index (χ1) is 16.3. The molecule has 35 heavy (non-hydrogen) atoms. The molecule has 0 aromatic heterocycles.